The minimum absolute atomic E-state index is 0.664. The molecule has 4 aromatic rings. The average molecular weight is 433 g/mol. The first kappa shape index (κ1) is 21.1. The van der Waals surface area contributed by atoms with Crippen LogP contribution in [0.1, 0.15) is 36.0 Å². The van der Waals surface area contributed by atoms with Gasteiger partial charge in [0.15, 0.2) is 5.60 Å². The van der Waals surface area contributed by atoms with Gasteiger partial charge in [-0.3, -0.25) is 0 Å². The van der Waals surface area contributed by atoms with Gasteiger partial charge in [-0.1, -0.05) is 78.9 Å². The fourth-order valence-corrected chi connectivity index (χ4v) is 4.49. The van der Waals surface area contributed by atoms with Crippen molar-refractivity contribution in [2.24, 2.45) is 0 Å². The molecule has 1 aliphatic rings. The first-order chi connectivity index (χ1) is 16.3. The lowest BCUT2D eigenvalue weighted by Crippen LogP contribution is -2.34. The van der Waals surface area contributed by atoms with E-state index in [-0.39, 0.29) is 0 Å². The average Bonchev–Trinajstić information content (AvgIpc) is 2.89. The Bertz CT molecular complexity index is 1230. The van der Waals surface area contributed by atoms with E-state index in [1.54, 1.807) is 0 Å². The zero-order valence-corrected chi connectivity index (χ0v) is 18.7. The van der Waals surface area contributed by atoms with Crippen LogP contribution in [0.25, 0.3) is 16.8 Å². The lowest BCUT2D eigenvalue weighted by molar-refractivity contribution is 0.161. The van der Waals surface area contributed by atoms with Crippen molar-refractivity contribution >= 4 is 16.8 Å². The van der Waals surface area contributed by atoms with Crippen LogP contribution in [0.2, 0.25) is 0 Å². The van der Waals surface area contributed by atoms with Crippen LogP contribution in [-0.2, 0) is 5.60 Å². The van der Waals surface area contributed by atoms with Crippen molar-refractivity contribution in [3.05, 3.63) is 126 Å². The predicted molar refractivity (Wildman–Crippen MR) is 137 cm³/mol. The normalized spacial score (nSPS) is 13.8. The first-order valence-electron chi connectivity index (χ1n) is 11.6. The van der Waals surface area contributed by atoms with E-state index in [4.69, 9.17) is 9.47 Å². The van der Waals surface area contributed by atoms with Gasteiger partial charge >= 0.3 is 0 Å². The Kier molecular flexibility index (Phi) is 5.99. The summed E-state index contributed by atoms with van der Waals surface area (Å²) in [5.74, 6) is 1.77. The second-order valence-corrected chi connectivity index (χ2v) is 8.40. The van der Waals surface area contributed by atoms with Gasteiger partial charge in [0, 0.05) is 16.7 Å². The molecule has 1 aliphatic heterocycles. The number of benzene rings is 4. The van der Waals surface area contributed by atoms with E-state index >= 15 is 0 Å². The molecule has 1 heterocycles. The van der Waals surface area contributed by atoms with E-state index in [0.29, 0.717) is 6.61 Å². The SMILES string of the molecule is C=CCCCCOc1ccc2ccc3c(c2c1)C=CC(c1ccccc1)(c1ccccc1)O3. The largest absolute Gasteiger partial charge is 0.494 e. The third-order valence-corrected chi connectivity index (χ3v) is 6.23. The van der Waals surface area contributed by atoms with E-state index in [9.17, 15) is 0 Å². The van der Waals surface area contributed by atoms with E-state index in [1.807, 2.05) is 24.3 Å². The number of fused-ring (bicyclic) bond motifs is 3. The molecule has 0 spiro atoms. The summed E-state index contributed by atoms with van der Waals surface area (Å²) in [6.45, 7) is 4.50. The summed E-state index contributed by atoms with van der Waals surface area (Å²) in [5.41, 5.74) is 2.64. The Labute approximate surface area is 195 Å². The van der Waals surface area contributed by atoms with Crippen LogP contribution < -0.4 is 9.47 Å². The number of hydrogen-bond donors (Lipinski definition) is 0. The highest BCUT2D eigenvalue weighted by molar-refractivity contribution is 5.95. The summed E-state index contributed by atoms with van der Waals surface area (Å²) in [5, 5.41) is 2.31. The molecule has 0 amide bonds. The van der Waals surface area contributed by atoms with Crippen LogP contribution in [0, 0.1) is 0 Å². The number of allylic oxidation sites excluding steroid dienone is 1. The van der Waals surface area contributed by atoms with Crippen molar-refractivity contribution in [2.75, 3.05) is 6.61 Å². The van der Waals surface area contributed by atoms with Gasteiger partial charge in [-0.15, -0.1) is 6.58 Å². The maximum absolute atomic E-state index is 6.83. The Morgan fingerprint density at radius 2 is 1.52 bits per heavy atom. The molecule has 0 unspecified atom stereocenters. The monoisotopic (exact) mass is 432 g/mol. The fourth-order valence-electron chi connectivity index (χ4n) is 4.49. The standard InChI is InChI=1S/C31H28O2/c1-2-3-4-11-22-32-27-18-16-24-17-19-30-28(29(24)23-27)20-21-31(33-30,25-12-7-5-8-13-25)26-14-9-6-10-15-26/h2,5-10,12-21,23H,1,3-4,11,22H2. The fraction of sp³-hybridized carbons (Fsp3) is 0.161. The minimum Gasteiger partial charge on any atom is -0.494 e. The van der Waals surface area contributed by atoms with Crippen molar-refractivity contribution in [1.82, 2.24) is 0 Å². The number of unbranched alkanes of at least 4 members (excludes halogenated alkanes) is 2. The van der Waals surface area contributed by atoms with Crippen LogP contribution in [0.3, 0.4) is 0 Å². The van der Waals surface area contributed by atoms with Gasteiger partial charge in [0.05, 0.1) is 6.61 Å². The summed E-state index contributed by atoms with van der Waals surface area (Å²) in [7, 11) is 0. The highest BCUT2D eigenvalue weighted by Gasteiger charge is 2.37. The molecule has 0 bridgehead atoms. The van der Waals surface area contributed by atoms with Gasteiger partial charge in [0.2, 0.25) is 0 Å². The molecule has 0 atom stereocenters. The van der Waals surface area contributed by atoms with E-state index in [0.717, 1.165) is 52.8 Å². The van der Waals surface area contributed by atoms with Gasteiger partial charge in [0.25, 0.3) is 0 Å². The maximum atomic E-state index is 6.83. The van der Waals surface area contributed by atoms with E-state index in [1.165, 1.54) is 5.39 Å². The van der Waals surface area contributed by atoms with Crippen molar-refractivity contribution in [3.63, 3.8) is 0 Å². The van der Waals surface area contributed by atoms with Crippen molar-refractivity contribution < 1.29 is 9.47 Å². The predicted octanol–water partition coefficient (Wildman–Crippen LogP) is 7.92. The molecular weight excluding hydrogens is 404 g/mol. The number of rotatable bonds is 8. The van der Waals surface area contributed by atoms with E-state index in [2.05, 4.69) is 91.5 Å². The van der Waals surface area contributed by atoms with E-state index < -0.39 is 5.60 Å². The smallest absolute Gasteiger partial charge is 0.178 e. The Balaban J connectivity index is 1.52. The third kappa shape index (κ3) is 4.17. The lowest BCUT2D eigenvalue weighted by atomic mass is 9.83. The first-order valence-corrected chi connectivity index (χ1v) is 11.6. The van der Waals surface area contributed by atoms with Crippen LogP contribution >= 0.6 is 0 Å². The van der Waals surface area contributed by atoms with Gasteiger partial charge in [-0.2, -0.15) is 0 Å². The maximum Gasteiger partial charge on any atom is 0.178 e. The zero-order chi connectivity index (χ0) is 22.5. The van der Waals surface area contributed by atoms with Crippen molar-refractivity contribution in [2.45, 2.75) is 24.9 Å². The van der Waals surface area contributed by atoms with Crippen LogP contribution in [0.4, 0.5) is 0 Å². The summed E-state index contributed by atoms with van der Waals surface area (Å²) in [4.78, 5) is 0. The molecule has 0 N–H and O–H groups in total. The topological polar surface area (TPSA) is 18.5 Å². The molecule has 0 saturated carbocycles. The quantitative estimate of drug-likeness (QED) is 0.208. The molecule has 0 aliphatic carbocycles. The molecule has 0 radical (unpaired) electrons. The molecule has 0 fully saturated rings. The Hall–Kier alpha value is -3.78. The second-order valence-electron chi connectivity index (χ2n) is 8.40. The van der Waals surface area contributed by atoms with Crippen LogP contribution in [0.5, 0.6) is 11.5 Å². The third-order valence-electron chi connectivity index (χ3n) is 6.23. The second kappa shape index (κ2) is 9.38. The summed E-state index contributed by atoms with van der Waals surface area (Å²) < 4.78 is 12.9. The molecule has 33 heavy (non-hydrogen) atoms. The Morgan fingerprint density at radius 3 is 2.21 bits per heavy atom. The van der Waals surface area contributed by atoms with Crippen molar-refractivity contribution in [3.8, 4) is 11.5 Å². The highest BCUT2D eigenvalue weighted by Crippen LogP contribution is 2.44. The van der Waals surface area contributed by atoms with Crippen LogP contribution in [0.15, 0.2) is 110 Å². The lowest BCUT2D eigenvalue weighted by Gasteiger charge is -2.36. The zero-order valence-electron chi connectivity index (χ0n) is 18.7. The molecule has 2 heteroatoms. The summed E-state index contributed by atoms with van der Waals surface area (Å²) in [6, 6.07) is 31.3. The highest BCUT2D eigenvalue weighted by atomic mass is 16.5. The minimum atomic E-state index is -0.664. The molecule has 164 valence electrons. The molecule has 0 aromatic heterocycles. The van der Waals surface area contributed by atoms with Crippen molar-refractivity contribution in [1.29, 1.82) is 0 Å². The number of ether oxygens (including phenoxy) is 2. The summed E-state index contributed by atoms with van der Waals surface area (Å²) >= 11 is 0. The molecule has 5 rings (SSSR count). The van der Waals surface area contributed by atoms with Gasteiger partial charge in [0.1, 0.15) is 11.5 Å². The number of hydrogen-bond acceptors (Lipinski definition) is 2. The molecule has 0 saturated heterocycles. The Morgan fingerprint density at radius 1 is 0.818 bits per heavy atom. The molecule has 2 nitrogen and oxygen atoms in total. The molecule has 4 aromatic carbocycles. The van der Waals surface area contributed by atoms with Gasteiger partial charge in [-0.05, 0) is 60.4 Å². The van der Waals surface area contributed by atoms with Crippen LogP contribution in [-0.4, -0.2) is 6.61 Å². The van der Waals surface area contributed by atoms with Gasteiger partial charge < -0.3 is 9.47 Å². The summed E-state index contributed by atoms with van der Waals surface area (Å²) in [6.07, 6.45) is 9.50. The molecular formula is C31H28O2. The van der Waals surface area contributed by atoms with Gasteiger partial charge in [-0.25, -0.2) is 0 Å².